The molecule has 20 heavy (non-hydrogen) atoms. The molecule has 0 saturated heterocycles. The van der Waals surface area contributed by atoms with Crippen molar-refractivity contribution in [1.29, 1.82) is 0 Å². The minimum absolute atomic E-state index is 0.0229. The highest BCUT2D eigenvalue weighted by Crippen LogP contribution is 2.27. The summed E-state index contributed by atoms with van der Waals surface area (Å²) < 4.78 is 53.2. The number of halogens is 3. The van der Waals surface area contributed by atoms with Crippen molar-refractivity contribution in [2.75, 3.05) is 10.5 Å². The standard InChI is InChI=1S/C12H9ClF2N2O2S/c13-8-5-7(16)6-11(12(8)15)20(18,19)17-10-4-2-1-3-9(10)14/h1-6,17H,16H2. The highest BCUT2D eigenvalue weighted by atomic mass is 35.5. The first-order chi connectivity index (χ1) is 9.31. The van der Waals surface area contributed by atoms with Gasteiger partial charge in [-0.2, -0.15) is 0 Å². The van der Waals surface area contributed by atoms with Crippen molar-refractivity contribution in [2.24, 2.45) is 0 Å². The van der Waals surface area contributed by atoms with E-state index >= 15 is 0 Å². The van der Waals surface area contributed by atoms with Gasteiger partial charge in [0.1, 0.15) is 10.7 Å². The SMILES string of the molecule is Nc1cc(Cl)c(F)c(S(=O)(=O)Nc2ccccc2F)c1. The third-order valence-corrected chi connectivity index (χ3v) is 4.06. The number of para-hydroxylation sites is 1. The van der Waals surface area contributed by atoms with Gasteiger partial charge in [0.2, 0.25) is 0 Å². The van der Waals surface area contributed by atoms with Gasteiger partial charge in [0.05, 0.1) is 10.7 Å². The lowest BCUT2D eigenvalue weighted by atomic mass is 10.3. The first-order valence-corrected chi connectivity index (χ1v) is 7.19. The van der Waals surface area contributed by atoms with E-state index in [9.17, 15) is 17.2 Å². The average Bonchev–Trinajstić information content (AvgIpc) is 2.36. The van der Waals surface area contributed by atoms with Crippen LogP contribution in [0.3, 0.4) is 0 Å². The van der Waals surface area contributed by atoms with Gasteiger partial charge >= 0.3 is 0 Å². The van der Waals surface area contributed by atoms with Gasteiger partial charge in [0.15, 0.2) is 5.82 Å². The molecule has 0 aliphatic rings. The molecule has 0 aliphatic carbocycles. The van der Waals surface area contributed by atoms with Crippen LogP contribution < -0.4 is 10.5 Å². The van der Waals surface area contributed by atoms with E-state index in [-0.39, 0.29) is 11.4 Å². The Hall–Kier alpha value is -1.86. The summed E-state index contributed by atoms with van der Waals surface area (Å²) in [6.07, 6.45) is 0. The predicted molar refractivity (Wildman–Crippen MR) is 73.0 cm³/mol. The molecule has 0 aliphatic heterocycles. The number of anilines is 2. The fourth-order valence-electron chi connectivity index (χ4n) is 1.52. The van der Waals surface area contributed by atoms with Crippen molar-refractivity contribution in [3.05, 3.63) is 53.1 Å². The molecule has 0 fully saturated rings. The Kier molecular flexibility index (Phi) is 3.82. The van der Waals surface area contributed by atoms with Crippen LogP contribution in [0, 0.1) is 11.6 Å². The van der Waals surface area contributed by atoms with E-state index < -0.39 is 31.6 Å². The first kappa shape index (κ1) is 14.5. The van der Waals surface area contributed by atoms with Crippen LogP contribution in [0.25, 0.3) is 0 Å². The van der Waals surface area contributed by atoms with Gasteiger partial charge in [-0.15, -0.1) is 0 Å². The molecule has 0 spiro atoms. The number of nitrogen functional groups attached to an aromatic ring is 1. The maximum Gasteiger partial charge on any atom is 0.265 e. The zero-order valence-electron chi connectivity index (χ0n) is 9.90. The molecule has 0 unspecified atom stereocenters. The average molecular weight is 319 g/mol. The minimum Gasteiger partial charge on any atom is -0.399 e. The second-order valence-corrected chi connectivity index (χ2v) is 5.96. The van der Waals surface area contributed by atoms with Gasteiger partial charge in [-0.25, -0.2) is 17.2 Å². The third-order valence-electron chi connectivity index (χ3n) is 2.42. The van der Waals surface area contributed by atoms with Gasteiger partial charge in [0, 0.05) is 5.69 Å². The lowest BCUT2D eigenvalue weighted by Crippen LogP contribution is -2.16. The van der Waals surface area contributed by atoms with Crippen molar-refractivity contribution < 1.29 is 17.2 Å². The quantitative estimate of drug-likeness (QED) is 0.854. The second-order valence-electron chi connectivity index (χ2n) is 3.90. The Morgan fingerprint density at radius 1 is 1.15 bits per heavy atom. The van der Waals surface area contributed by atoms with Crippen molar-refractivity contribution in [3.63, 3.8) is 0 Å². The largest absolute Gasteiger partial charge is 0.399 e. The highest BCUT2D eigenvalue weighted by molar-refractivity contribution is 7.92. The van der Waals surface area contributed by atoms with Crippen LogP contribution in [-0.4, -0.2) is 8.42 Å². The van der Waals surface area contributed by atoms with Gasteiger partial charge in [0.25, 0.3) is 10.0 Å². The zero-order chi connectivity index (χ0) is 14.9. The Bertz CT molecular complexity index is 766. The van der Waals surface area contributed by atoms with Gasteiger partial charge in [-0.05, 0) is 24.3 Å². The molecule has 0 atom stereocenters. The van der Waals surface area contributed by atoms with Gasteiger partial charge in [-0.1, -0.05) is 23.7 Å². The molecular formula is C12H9ClF2N2O2S. The smallest absolute Gasteiger partial charge is 0.265 e. The number of rotatable bonds is 3. The molecule has 0 radical (unpaired) electrons. The third kappa shape index (κ3) is 2.83. The predicted octanol–water partition coefficient (Wildman–Crippen LogP) is 3.00. The summed E-state index contributed by atoms with van der Waals surface area (Å²) in [5.74, 6) is -1.93. The molecule has 2 aromatic carbocycles. The normalized spacial score (nSPS) is 11.3. The van der Waals surface area contributed by atoms with Crippen LogP contribution >= 0.6 is 11.6 Å². The van der Waals surface area contributed by atoms with E-state index in [2.05, 4.69) is 0 Å². The lowest BCUT2D eigenvalue weighted by molar-refractivity contribution is 0.570. The molecule has 2 aromatic rings. The molecule has 0 aromatic heterocycles. The summed E-state index contributed by atoms with van der Waals surface area (Å²) in [6, 6.07) is 7.09. The van der Waals surface area contributed by atoms with Gasteiger partial charge < -0.3 is 5.73 Å². The molecule has 0 amide bonds. The molecule has 106 valence electrons. The van der Waals surface area contributed by atoms with Crippen LogP contribution in [0.4, 0.5) is 20.2 Å². The van der Waals surface area contributed by atoms with Crippen LogP contribution in [0.2, 0.25) is 5.02 Å². The summed E-state index contributed by atoms with van der Waals surface area (Å²) in [4.78, 5) is -0.745. The minimum atomic E-state index is -4.34. The zero-order valence-corrected chi connectivity index (χ0v) is 11.5. The monoisotopic (exact) mass is 318 g/mol. The van der Waals surface area contributed by atoms with Crippen LogP contribution in [0.15, 0.2) is 41.3 Å². The molecule has 3 N–H and O–H groups in total. The number of nitrogens with two attached hydrogens (primary N) is 1. The van der Waals surface area contributed by atoms with Crippen LogP contribution in [0.5, 0.6) is 0 Å². The van der Waals surface area contributed by atoms with Crippen LogP contribution in [0.1, 0.15) is 0 Å². The number of hydrogen-bond donors (Lipinski definition) is 2. The molecule has 0 saturated carbocycles. The number of hydrogen-bond acceptors (Lipinski definition) is 3. The summed E-state index contributed by atoms with van der Waals surface area (Å²) in [5.41, 5.74) is 5.11. The Morgan fingerprint density at radius 3 is 2.45 bits per heavy atom. The van der Waals surface area contributed by atoms with E-state index in [1.165, 1.54) is 18.2 Å². The molecule has 2 rings (SSSR count). The van der Waals surface area contributed by atoms with Crippen molar-refractivity contribution in [2.45, 2.75) is 4.90 Å². The first-order valence-electron chi connectivity index (χ1n) is 5.33. The van der Waals surface area contributed by atoms with E-state index in [0.717, 1.165) is 18.2 Å². The summed E-state index contributed by atoms with van der Waals surface area (Å²) in [7, 11) is -4.34. The van der Waals surface area contributed by atoms with E-state index in [0.29, 0.717) is 0 Å². The lowest BCUT2D eigenvalue weighted by Gasteiger charge is -2.11. The Labute approximate surface area is 119 Å². The fourth-order valence-corrected chi connectivity index (χ4v) is 3.01. The topological polar surface area (TPSA) is 72.2 Å². The maximum absolute atomic E-state index is 13.8. The molecule has 8 heteroatoms. The van der Waals surface area contributed by atoms with E-state index in [1.807, 2.05) is 4.72 Å². The fraction of sp³-hybridized carbons (Fsp3) is 0. The Morgan fingerprint density at radius 2 is 1.80 bits per heavy atom. The highest BCUT2D eigenvalue weighted by Gasteiger charge is 2.23. The number of sulfonamides is 1. The summed E-state index contributed by atoms with van der Waals surface area (Å²) in [6.45, 7) is 0. The molecule has 4 nitrogen and oxygen atoms in total. The molecule has 0 heterocycles. The van der Waals surface area contributed by atoms with E-state index in [4.69, 9.17) is 17.3 Å². The van der Waals surface area contributed by atoms with Crippen molar-refractivity contribution in [1.82, 2.24) is 0 Å². The summed E-state index contributed by atoms with van der Waals surface area (Å²) in [5, 5.41) is -0.432. The molecular weight excluding hydrogens is 310 g/mol. The van der Waals surface area contributed by atoms with Crippen LogP contribution in [-0.2, 0) is 10.0 Å². The number of nitrogens with one attached hydrogen (secondary N) is 1. The van der Waals surface area contributed by atoms with Crippen molar-refractivity contribution >= 4 is 33.0 Å². The van der Waals surface area contributed by atoms with Gasteiger partial charge in [-0.3, -0.25) is 4.72 Å². The molecule has 0 bridgehead atoms. The second kappa shape index (κ2) is 5.26. The number of benzene rings is 2. The maximum atomic E-state index is 13.8. The Balaban J connectivity index is 2.49. The van der Waals surface area contributed by atoms with Crippen molar-refractivity contribution in [3.8, 4) is 0 Å². The van der Waals surface area contributed by atoms with E-state index in [1.54, 1.807) is 0 Å². The summed E-state index contributed by atoms with van der Waals surface area (Å²) >= 11 is 5.54.